The van der Waals surface area contributed by atoms with Crippen LogP contribution in [0.25, 0.3) is 5.57 Å². The van der Waals surface area contributed by atoms with Gasteiger partial charge in [0.1, 0.15) is 11.9 Å². The SMILES string of the molecule is CN/C=C(\CNC)c1cc(F)cc(CNC(=O)C2NC=CC(N)=C2N(C)C(C)CC2CCCC2)c1. The molecular formula is C27H41FN6O. The first-order chi connectivity index (χ1) is 16.8. The highest BCUT2D eigenvalue weighted by atomic mass is 19.1. The molecule has 0 radical (unpaired) electrons. The number of dihydropyridines is 1. The van der Waals surface area contributed by atoms with E-state index in [1.54, 1.807) is 12.3 Å². The fraction of sp³-hybridized carbons (Fsp3) is 0.519. The molecule has 0 saturated heterocycles. The summed E-state index contributed by atoms with van der Waals surface area (Å²) >= 11 is 0. The summed E-state index contributed by atoms with van der Waals surface area (Å²) in [5, 5.41) is 12.2. The molecule has 2 aliphatic rings. The van der Waals surface area contributed by atoms with Crippen LogP contribution in [0.4, 0.5) is 4.39 Å². The summed E-state index contributed by atoms with van der Waals surface area (Å²) in [5.74, 6) is 0.202. The fourth-order valence-corrected chi connectivity index (χ4v) is 5.13. The maximum absolute atomic E-state index is 14.4. The highest BCUT2D eigenvalue weighted by Gasteiger charge is 2.31. The average molecular weight is 485 g/mol. The van der Waals surface area contributed by atoms with Crippen molar-refractivity contribution in [2.24, 2.45) is 11.7 Å². The minimum Gasteiger partial charge on any atom is -0.397 e. The summed E-state index contributed by atoms with van der Waals surface area (Å²) in [5.41, 5.74) is 10.1. The van der Waals surface area contributed by atoms with Crippen molar-refractivity contribution in [2.75, 3.05) is 27.7 Å². The molecular weight excluding hydrogens is 443 g/mol. The lowest BCUT2D eigenvalue weighted by Crippen LogP contribution is -2.50. The molecule has 8 heteroatoms. The minimum absolute atomic E-state index is 0.195. The Balaban J connectivity index is 1.70. The van der Waals surface area contributed by atoms with Crippen molar-refractivity contribution in [3.8, 4) is 0 Å². The molecule has 0 bridgehead atoms. The van der Waals surface area contributed by atoms with Crippen molar-refractivity contribution in [3.05, 3.63) is 65.0 Å². The van der Waals surface area contributed by atoms with Crippen LogP contribution >= 0.6 is 0 Å². The first-order valence-electron chi connectivity index (χ1n) is 12.6. The standard InChI is InChI=1S/C27H41FN6O/c1-18(11-19-7-5-6-8-19)34(4)26-24(29)9-10-32-25(26)27(35)33-15-20-12-21(14-23(28)13-20)22(16-30-2)17-31-3/h9-10,12-14,16,18-19,25,30-32H,5-8,11,15,17,29H2,1-4H3,(H,33,35)/b22-16+. The van der Waals surface area contributed by atoms with Crippen LogP contribution in [0.1, 0.15) is 50.2 Å². The lowest BCUT2D eigenvalue weighted by Gasteiger charge is -2.36. The van der Waals surface area contributed by atoms with Gasteiger partial charge in [0.2, 0.25) is 5.91 Å². The topological polar surface area (TPSA) is 94.4 Å². The zero-order chi connectivity index (χ0) is 25.4. The number of hydrogen-bond donors (Lipinski definition) is 5. The predicted octanol–water partition coefficient (Wildman–Crippen LogP) is 2.78. The van der Waals surface area contributed by atoms with Gasteiger partial charge in [0.25, 0.3) is 0 Å². The van der Waals surface area contributed by atoms with Crippen LogP contribution in [0, 0.1) is 11.7 Å². The zero-order valence-electron chi connectivity index (χ0n) is 21.5. The van der Waals surface area contributed by atoms with E-state index in [0.717, 1.165) is 29.2 Å². The zero-order valence-corrected chi connectivity index (χ0v) is 21.5. The summed E-state index contributed by atoms with van der Waals surface area (Å²) in [7, 11) is 5.67. The van der Waals surface area contributed by atoms with Crippen molar-refractivity contribution in [3.63, 3.8) is 0 Å². The monoisotopic (exact) mass is 484 g/mol. The van der Waals surface area contributed by atoms with Crippen LogP contribution < -0.4 is 27.0 Å². The number of nitrogens with zero attached hydrogens (tertiary/aromatic N) is 1. The van der Waals surface area contributed by atoms with Gasteiger partial charge in [0, 0.05) is 39.4 Å². The van der Waals surface area contributed by atoms with Gasteiger partial charge in [0.05, 0.1) is 11.4 Å². The van der Waals surface area contributed by atoms with Crippen molar-refractivity contribution in [2.45, 2.75) is 57.7 Å². The molecule has 6 N–H and O–H groups in total. The molecule has 1 saturated carbocycles. The molecule has 1 amide bonds. The van der Waals surface area contributed by atoms with Gasteiger partial charge in [-0.1, -0.05) is 25.7 Å². The average Bonchev–Trinajstić information content (AvgIpc) is 3.34. The maximum Gasteiger partial charge on any atom is 0.249 e. The van der Waals surface area contributed by atoms with E-state index in [9.17, 15) is 9.18 Å². The van der Waals surface area contributed by atoms with Gasteiger partial charge in [-0.3, -0.25) is 4.79 Å². The second kappa shape index (κ2) is 12.6. The number of halogens is 1. The number of allylic oxidation sites excluding steroid dienone is 1. The Kier molecular flexibility index (Phi) is 9.60. The first-order valence-corrected chi connectivity index (χ1v) is 12.6. The van der Waals surface area contributed by atoms with Gasteiger partial charge in [-0.05, 0) is 73.5 Å². The Labute approximate surface area is 209 Å². The smallest absolute Gasteiger partial charge is 0.249 e. The number of amides is 1. The molecule has 1 aromatic carbocycles. The summed E-state index contributed by atoms with van der Waals surface area (Å²) in [6.45, 7) is 3.00. The van der Waals surface area contributed by atoms with Gasteiger partial charge < -0.3 is 31.9 Å². The quantitative estimate of drug-likeness (QED) is 0.332. The molecule has 3 rings (SSSR count). The normalized spacial score (nSPS) is 19.5. The Morgan fingerprint density at radius 3 is 2.71 bits per heavy atom. The van der Waals surface area contributed by atoms with E-state index in [1.807, 2.05) is 33.4 Å². The van der Waals surface area contributed by atoms with Crippen LogP contribution in [0.15, 0.2) is 48.1 Å². The maximum atomic E-state index is 14.4. The van der Waals surface area contributed by atoms with Crippen LogP contribution in [0.3, 0.4) is 0 Å². The third-order valence-corrected chi connectivity index (χ3v) is 7.03. The highest BCUT2D eigenvalue weighted by Crippen LogP contribution is 2.31. The molecule has 1 aromatic rings. The van der Waals surface area contributed by atoms with E-state index in [2.05, 4.69) is 33.1 Å². The number of nitrogens with one attached hydrogen (secondary N) is 4. The Morgan fingerprint density at radius 2 is 2.03 bits per heavy atom. The third kappa shape index (κ3) is 7.01. The van der Waals surface area contributed by atoms with Gasteiger partial charge in [-0.2, -0.15) is 0 Å². The van der Waals surface area contributed by atoms with E-state index in [-0.39, 0.29) is 24.3 Å². The van der Waals surface area contributed by atoms with Gasteiger partial charge in [-0.25, -0.2) is 4.39 Å². The van der Waals surface area contributed by atoms with Crippen LogP contribution in [0.2, 0.25) is 0 Å². The molecule has 192 valence electrons. The van der Waals surface area contributed by atoms with E-state index in [0.29, 0.717) is 17.8 Å². The van der Waals surface area contributed by atoms with Crippen LogP contribution in [-0.4, -0.2) is 50.6 Å². The Bertz CT molecular complexity index is 966. The number of rotatable bonds is 11. The van der Waals surface area contributed by atoms with E-state index in [4.69, 9.17) is 5.73 Å². The second-order valence-corrected chi connectivity index (χ2v) is 9.67. The highest BCUT2D eigenvalue weighted by molar-refractivity contribution is 5.85. The Morgan fingerprint density at radius 1 is 1.29 bits per heavy atom. The predicted molar refractivity (Wildman–Crippen MR) is 140 cm³/mol. The van der Waals surface area contributed by atoms with E-state index >= 15 is 0 Å². The lowest BCUT2D eigenvalue weighted by molar-refractivity contribution is -0.122. The third-order valence-electron chi connectivity index (χ3n) is 7.03. The molecule has 1 aliphatic heterocycles. The molecule has 2 unspecified atom stereocenters. The van der Waals surface area contributed by atoms with Crippen LogP contribution in [-0.2, 0) is 11.3 Å². The number of carbonyl (C=O) groups excluding carboxylic acids is 1. The molecule has 0 spiro atoms. The molecule has 1 aliphatic carbocycles. The molecule has 2 atom stereocenters. The number of benzene rings is 1. The molecule has 35 heavy (non-hydrogen) atoms. The molecule has 1 heterocycles. The summed E-state index contributed by atoms with van der Waals surface area (Å²) < 4.78 is 14.4. The summed E-state index contributed by atoms with van der Waals surface area (Å²) in [4.78, 5) is 15.4. The van der Waals surface area contributed by atoms with Gasteiger partial charge >= 0.3 is 0 Å². The number of nitrogens with two attached hydrogens (primary N) is 1. The molecule has 7 nitrogen and oxygen atoms in total. The summed E-state index contributed by atoms with van der Waals surface area (Å²) in [6, 6.07) is 4.52. The fourth-order valence-electron chi connectivity index (χ4n) is 5.13. The van der Waals surface area contributed by atoms with Crippen molar-refractivity contribution in [1.82, 2.24) is 26.2 Å². The van der Waals surface area contributed by atoms with E-state index < -0.39 is 6.04 Å². The van der Waals surface area contributed by atoms with Crippen molar-refractivity contribution >= 4 is 11.5 Å². The molecule has 1 fully saturated rings. The Hall–Kier alpha value is -3.00. The van der Waals surface area contributed by atoms with Crippen molar-refractivity contribution < 1.29 is 9.18 Å². The van der Waals surface area contributed by atoms with Crippen LogP contribution in [0.5, 0.6) is 0 Å². The van der Waals surface area contributed by atoms with Gasteiger partial charge in [-0.15, -0.1) is 0 Å². The van der Waals surface area contributed by atoms with Gasteiger partial charge in [0.15, 0.2) is 0 Å². The number of likely N-dealkylation sites (N-methyl/N-ethyl adjacent to an activating group) is 2. The summed E-state index contributed by atoms with van der Waals surface area (Å²) in [6.07, 6.45) is 11.6. The largest absolute Gasteiger partial charge is 0.397 e. The number of carbonyl (C=O) groups is 1. The minimum atomic E-state index is -0.604. The lowest BCUT2D eigenvalue weighted by atomic mass is 9.97. The van der Waals surface area contributed by atoms with E-state index in [1.165, 1.54) is 37.8 Å². The number of hydrogen-bond acceptors (Lipinski definition) is 6. The van der Waals surface area contributed by atoms with Crippen molar-refractivity contribution in [1.29, 1.82) is 0 Å². The second-order valence-electron chi connectivity index (χ2n) is 9.67. The molecule has 0 aromatic heterocycles. The first kappa shape index (κ1) is 26.6.